The second-order valence-electron chi connectivity index (χ2n) is 5.32. The van der Waals surface area contributed by atoms with E-state index >= 15 is 0 Å². The molecule has 3 N–H and O–H groups in total. The molecule has 2 amide bonds. The number of thiocarbonyl (C=S) groups is 1. The lowest BCUT2D eigenvalue weighted by molar-refractivity contribution is -0.122. The predicted molar refractivity (Wildman–Crippen MR) is 98.8 cm³/mol. The molecule has 6 nitrogen and oxygen atoms in total. The summed E-state index contributed by atoms with van der Waals surface area (Å²) in [6, 6.07) is 16.7. The number of carbonyl (C=O) groups excluding carboxylic acids is 2. The molecule has 0 aliphatic heterocycles. The highest BCUT2D eigenvalue weighted by molar-refractivity contribution is 7.80. The van der Waals surface area contributed by atoms with Gasteiger partial charge in [0.05, 0.1) is 6.42 Å². The summed E-state index contributed by atoms with van der Waals surface area (Å²) in [5.41, 5.74) is 6.83. The quantitative estimate of drug-likeness (QED) is 0.560. The minimum atomic E-state index is -0.420. The van der Waals surface area contributed by atoms with E-state index in [1.54, 1.807) is 6.07 Å². The molecule has 0 aliphatic rings. The van der Waals surface area contributed by atoms with Gasteiger partial charge in [-0.25, -0.2) is 0 Å². The number of amides is 2. The fraction of sp³-hybridized carbons (Fsp3) is 0.167. The molecule has 0 spiro atoms. The van der Waals surface area contributed by atoms with E-state index in [4.69, 9.17) is 17.0 Å². The maximum Gasteiger partial charge on any atom is 0.264 e. The number of benzene rings is 2. The van der Waals surface area contributed by atoms with Crippen molar-refractivity contribution in [1.29, 1.82) is 0 Å². The molecule has 0 saturated carbocycles. The Hall–Kier alpha value is -2.93. The first kappa shape index (κ1) is 18.4. The van der Waals surface area contributed by atoms with Gasteiger partial charge in [-0.2, -0.15) is 0 Å². The van der Waals surface area contributed by atoms with Gasteiger partial charge in [-0.05, 0) is 42.4 Å². The van der Waals surface area contributed by atoms with Crippen LogP contribution >= 0.6 is 12.2 Å². The van der Waals surface area contributed by atoms with Crippen LogP contribution in [0.15, 0.2) is 54.6 Å². The van der Waals surface area contributed by atoms with Gasteiger partial charge >= 0.3 is 0 Å². The fourth-order valence-electron chi connectivity index (χ4n) is 2.00. The molecule has 0 atom stereocenters. The van der Waals surface area contributed by atoms with Gasteiger partial charge in [0.25, 0.3) is 5.91 Å². The maximum atomic E-state index is 11.8. The topological polar surface area (TPSA) is 79.5 Å². The molecule has 0 aliphatic carbocycles. The Bertz CT molecular complexity index is 750. The zero-order chi connectivity index (χ0) is 18.1. The van der Waals surface area contributed by atoms with E-state index in [1.165, 1.54) is 0 Å². The third-order valence-corrected chi connectivity index (χ3v) is 3.34. The van der Waals surface area contributed by atoms with Crippen molar-refractivity contribution in [2.75, 3.05) is 6.61 Å². The molecule has 0 unspecified atom stereocenters. The summed E-state index contributed by atoms with van der Waals surface area (Å²) in [5.74, 6) is -0.0830. The van der Waals surface area contributed by atoms with E-state index in [0.29, 0.717) is 5.75 Å². The van der Waals surface area contributed by atoms with Gasteiger partial charge in [-0.1, -0.05) is 42.5 Å². The minimum absolute atomic E-state index is 0.000691. The van der Waals surface area contributed by atoms with Crippen LogP contribution in [0.2, 0.25) is 0 Å². The van der Waals surface area contributed by atoms with E-state index in [0.717, 1.165) is 11.1 Å². The number of ether oxygens (including phenoxy) is 1. The number of carbonyl (C=O) groups is 2. The second kappa shape index (κ2) is 9.39. The number of aryl methyl sites for hydroxylation is 1. The van der Waals surface area contributed by atoms with Crippen LogP contribution < -0.4 is 20.9 Å². The molecule has 0 heterocycles. The Morgan fingerprint density at radius 2 is 1.76 bits per heavy atom. The van der Waals surface area contributed by atoms with Crippen molar-refractivity contribution in [3.05, 3.63) is 65.7 Å². The predicted octanol–water partition coefficient (Wildman–Crippen LogP) is 1.64. The highest BCUT2D eigenvalue weighted by atomic mass is 32.1. The Balaban J connectivity index is 1.67. The summed E-state index contributed by atoms with van der Waals surface area (Å²) in [6.07, 6.45) is 0.209. The molecule has 0 fully saturated rings. The van der Waals surface area contributed by atoms with Gasteiger partial charge in [0.2, 0.25) is 5.91 Å². The van der Waals surface area contributed by atoms with E-state index in [-0.39, 0.29) is 24.0 Å². The normalized spacial score (nSPS) is 9.80. The number of rotatable bonds is 5. The van der Waals surface area contributed by atoms with Crippen LogP contribution in [0.5, 0.6) is 5.75 Å². The second-order valence-corrected chi connectivity index (χ2v) is 5.73. The third-order valence-electron chi connectivity index (χ3n) is 3.14. The number of hydrogen-bond donors (Lipinski definition) is 3. The summed E-state index contributed by atoms with van der Waals surface area (Å²) < 4.78 is 5.37. The number of nitrogens with one attached hydrogen (secondary N) is 3. The lowest BCUT2D eigenvalue weighted by Gasteiger charge is -2.11. The lowest BCUT2D eigenvalue weighted by atomic mass is 10.1. The Kier molecular flexibility index (Phi) is 6.91. The molecular formula is C18H19N3O3S. The highest BCUT2D eigenvalue weighted by Gasteiger charge is 2.07. The largest absolute Gasteiger partial charge is 0.484 e. The van der Waals surface area contributed by atoms with Crippen LogP contribution in [-0.4, -0.2) is 23.5 Å². The first-order chi connectivity index (χ1) is 12.0. The fourth-order valence-corrected chi connectivity index (χ4v) is 2.16. The lowest BCUT2D eigenvalue weighted by Crippen LogP contribution is -2.49. The van der Waals surface area contributed by atoms with Crippen molar-refractivity contribution in [2.24, 2.45) is 0 Å². The van der Waals surface area contributed by atoms with Crippen LogP contribution in [0.3, 0.4) is 0 Å². The van der Waals surface area contributed by atoms with Crippen LogP contribution in [0, 0.1) is 6.92 Å². The zero-order valence-electron chi connectivity index (χ0n) is 13.7. The SMILES string of the molecule is Cc1cccc(OCC(=O)NC(=S)NNC(=O)Cc2ccccc2)c1. The summed E-state index contributed by atoms with van der Waals surface area (Å²) in [7, 11) is 0. The Labute approximate surface area is 151 Å². The zero-order valence-corrected chi connectivity index (χ0v) is 14.6. The van der Waals surface area contributed by atoms with Gasteiger partial charge in [0.15, 0.2) is 11.7 Å². The van der Waals surface area contributed by atoms with E-state index in [2.05, 4.69) is 16.2 Å². The average Bonchev–Trinajstić information content (AvgIpc) is 2.59. The van der Waals surface area contributed by atoms with Gasteiger partial charge in [0.1, 0.15) is 5.75 Å². The van der Waals surface area contributed by atoms with Gasteiger partial charge in [-0.15, -0.1) is 0 Å². The van der Waals surface area contributed by atoms with Crippen LogP contribution in [0.4, 0.5) is 0 Å². The standard InChI is InChI=1S/C18H19N3O3S/c1-13-6-5-9-15(10-13)24-12-17(23)19-18(25)21-20-16(22)11-14-7-3-2-4-8-14/h2-10H,11-12H2,1H3,(H,20,22)(H2,19,21,23,25). The number of hydrazine groups is 1. The van der Waals surface area contributed by atoms with Crippen molar-refractivity contribution >= 4 is 29.1 Å². The molecule has 0 aromatic heterocycles. The summed E-state index contributed by atoms with van der Waals surface area (Å²) >= 11 is 4.95. The van der Waals surface area contributed by atoms with E-state index in [1.807, 2.05) is 55.5 Å². The van der Waals surface area contributed by atoms with Crippen LogP contribution in [0.25, 0.3) is 0 Å². The third kappa shape index (κ3) is 7.01. The Morgan fingerprint density at radius 1 is 1.00 bits per heavy atom. The van der Waals surface area contributed by atoms with Crippen molar-refractivity contribution in [2.45, 2.75) is 13.3 Å². The van der Waals surface area contributed by atoms with Gasteiger partial charge in [0, 0.05) is 0 Å². The molecule has 25 heavy (non-hydrogen) atoms. The smallest absolute Gasteiger partial charge is 0.264 e. The van der Waals surface area contributed by atoms with Gasteiger partial charge in [-0.3, -0.25) is 25.8 Å². The van der Waals surface area contributed by atoms with Crippen LogP contribution in [-0.2, 0) is 16.0 Å². The van der Waals surface area contributed by atoms with E-state index in [9.17, 15) is 9.59 Å². The molecule has 2 rings (SSSR count). The molecule has 130 valence electrons. The monoisotopic (exact) mass is 357 g/mol. The molecule has 0 radical (unpaired) electrons. The summed E-state index contributed by atoms with van der Waals surface area (Å²) in [5, 5.41) is 2.42. The molecular weight excluding hydrogens is 338 g/mol. The first-order valence-corrected chi connectivity index (χ1v) is 8.06. The van der Waals surface area contributed by atoms with Crippen molar-refractivity contribution in [3.8, 4) is 5.75 Å². The maximum absolute atomic E-state index is 11.8. The number of hydrogen-bond acceptors (Lipinski definition) is 4. The van der Waals surface area contributed by atoms with Crippen molar-refractivity contribution in [3.63, 3.8) is 0 Å². The average molecular weight is 357 g/mol. The molecule has 7 heteroatoms. The molecule has 0 saturated heterocycles. The Morgan fingerprint density at radius 3 is 2.48 bits per heavy atom. The van der Waals surface area contributed by atoms with E-state index < -0.39 is 5.91 Å². The molecule has 2 aromatic carbocycles. The first-order valence-electron chi connectivity index (χ1n) is 7.65. The molecule has 0 bridgehead atoms. The van der Waals surface area contributed by atoms with Crippen molar-refractivity contribution < 1.29 is 14.3 Å². The van der Waals surface area contributed by atoms with Crippen LogP contribution in [0.1, 0.15) is 11.1 Å². The summed E-state index contributed by atoms with van der Waals surface area (Å²) in [4.78, 5) is 23.5. The van der Waals surface area contributed by atoms with Gasteiger partial charge < -0.3 is 4.74 Å². The highest BCUT2D eigenvalue weighted by Crippen LogP contribution is 2.11. The molecule has 2 aromatic rings. The van der Waals surface area contributed by atoms with Crippen molar-refractivity contribution in [1.82, 2.24) is 16.2 Å². The summed E-state index contributed by atoms with van der Waals surface area (Å²) in [6.45, 7) is 1.76. The minimum Gasteiger partial charge on any atom is -0.484 e.